The van der Waals surface area contributed by atoms with Crippen LogP contribution >= 0.6 is 23.4 Å². The molecule has 1 aliphatic heterocycles. The maximum Gasteiger partial charge on any atom is 0.0735 e. The third-order valence-electron chi connectivity index (χ3n) is 6.87. The van der Waals surface area contributed by atoms with Crippen molar-refractivity contribution in [2.45, 2.75) is 15.2 Å². The molecule has 0 saturated carbocycles. The van der Waals surface area contributed by atoms with Crippen LogP contribution in [-0.2, 0) is 5.41 Å². The van der Waals surface area contributed by atoms with Gasteiger partial charge in [-0.05, 0) is 63.7 Å². The Kier molecular flexibility index (Phi) is 4.11. The minimum atomic E-state index is -0.354. The van der Waals surface area contributed by atoms with Crippen LogP contribution in [0.4, 0.5) is 0 Å². The lowest BCUT2D eigenvalue weighted by molar-refractivity contribution is 0.722. The smallest absolute Gasteiger partial charge is 0.0735 e. The van der Waals surface area contributed by atoms with Gasteiger partial charge < -0.3 is 0 Å². The molecular weight excluding hydrogens is 442 g/mol. The zero-order valence-corrected chi connectivity index (χ0v) is 19.2. The van der Waals surface area contributed by atoms with Crippen molar-refractivity contribution in [2.75, 3.05) is 0 Å². The number of aromatic nitrogens is 1. The molecule has 0 saturated heterocycles. The van der Waals surface area contributed by atoms with E-state index in [0.717, 1.165) is 11.3 Å². The molecule has 2 aliphatic rings. The minimum absolute atomic E-state index is 0.354. The molecule has 7 rings (SSSR count). The summed E-state index contributed by atoms with van der Waals surface area (Å²) in [6, 6.07) is 37.3. The minimum Gasteiger partial charge on any atom is -0.255 e. The first-order valence-corrected chi connectivity index (χ1v) is 12.2. The number of nitrogens with zero attached hydrogens (tertiary/aromatic N) is 1. The molecule has 0 amide bonds. The molecule has 3 heteroatoms. The van der Waals surface area contributed by atoms with Gasteiger partial charge in [-0.3, -0.25) is 4.98 Å². The van der Waals surface area contributed by atoms with Gasteiger partial charge in [0.25, 0.3) is 0 Å². The van der Waals surface area contributed by atoms with Crippen molar-refractivity contribution in [3.05, 3.63) is 137 Å². The lowest BCUT2D eigenvalue weighted by atomic mass is 9.67. The summed E-state index contributed by atoms with van der Waals surface area (Å²) >= 11 is 7.97. The topological polar surface area (TPSA) is 12.9 Å². The summed E-state index contributed by atoms with van der Waals surface area (Å²) in [4.78, 5) is 7.21. The largest absolute Gasteiger partial charge is 0.255 e. The van der Waals surface area contributed by atoms with Crippen LogP contribution in [0, 0.1) is 0 Å². The summed E-state index contributed by atoms with van der Waals surface area (Å²) in [5.74, 6) is 0. The molecule has 33 heavy (non-hydrogen) atoms. The third-order valence-corrected chi connectivity index (χ3v) is 8.25. The molecule has 0 fully saturated rings. The van der Waals surface area contributed by atoms with Gasteiger partial charge in [-0.2, -0.15) is 0 Å². The van der Waals surface area contributed by atoms with Crippen LogP contribution in [0.15, 0.2) is 119 Å². The van der Waals surface area contributed by atoms with Crippen molar-refractivity contribution in [3.63, 3.8) is 0 Å². The molecule has 156 valence electrons. The van der Waals surface area contributed by atoms with Crippen LogP contribution in [0.1, 0.15) is 22.3 Å². The molecule has 5 aromatic rings. The number of pyridine rings is 1. The zero-order valence-electron chi connectivity index (χ0n) is 17.6. The molecule has 0 bridgehead atoms. The average molecular weight is 460 g/mol. The Hall–Kier alpha value is -3.33. The zero-order chi connectivity index (χ0) is 22.0. The van der Waals surface area contributed by atoms with E-state index in [1.165, 1.54) is 43.2 Å². The summed E-state index contributed by atoms with van der Waals surface area (Å²) in [6.45, 7) is 0. The summed E-state index contributed by atoms with van der Waals surface area (Å²) in [7, 11) is 0. The highest BCUT2D eigenvalue weighted by Gasteiger charge is 2.50. The Bertz CT molecular complexity index is 1510. The fourth-order valence-electron chi connectivity index (χ4n) is 5.56. The number of hydrogen-bond acceptors (Lipinski definition) is 2. The molecule has 1 spiro atoms. The molecule has 0 atom stereocenters. The highest BCUT2D eigenvalue weighted by Crippen LogP contribution is 2.62. The number of hydrogen-bond donors (Lipinski definition) is 0. The second kappa shape index (κ2) is 7.08. The van der Waals surface area contributed by atoms with Gasteiger partial charge in [0.05, 0.1) is 16.1 Å². The lowest BCUT2D eigenvalue weighted by Gasteiger charge is -2.39. The van der Waals surface area contributed by atoms with Gasteiger partial charge in [-0.15, -0.1) is 0 Å². The van der Waals surface area contributed by atoms with E-state index in [4.69, 9.17) is 11.6 Å². The number of halogens is 1. The van der Waals surface area contributed by atoms with E-state index in [9.17, 15) is 0 Å². The van der Waals surface area contributed by atoms with Crippen LogP contribution in [0.2, 0.25) is 5.02 Å². The molecule has 1 aromatic heterocycles. The first kappa shape index (κ1) is 19.2. The van der Waals surface area contributed by atoms with E-state index in [-0.39, 0.29) is 5.41 Å². The van der Waals surface area contributed by atoms with E-state index in [0.29, 0.717) is 5.02 Å². The monoisotopic (exact) mass is 459 g/mol. The Balaban J connectivity index is 1.61. The molecule has 1 aliphatic carbocycles. The first-order chi connectivity index (χ1) is 16.3. The van der Waals surface area contributed by atoms with Crippen molar-refractivity contribution >= 4 is 23.4 Å². The first-order valence-electron chi connectivity index (χ1n) is 11.0. The summed E-state index contributed by atoms with van der Waals surface area (Å²) in [6.07, 6.45) is 1.72. The standard InChI is InChI=1S/C30H18ClNS/c31-20-14-15-27(32-18-20)19-13-16-29-26(17-19)30(25-11-5-6-12-28(25)33-29)23-9-3-1-7-21(23)22-8-2-4-10-24(22)30/h1-18H. The van der Waals surface area contributed by atoms with E-state index in [1.54, 1.807) is 6.20 Å². The van der Waals surface area contributed by atoms with Gasteiger partial charge in [-0.1, -0.05) is 96.2 Å². The second-order valence-corrected chi connectivity index (χ2v) is 10.0. The van der Waals surface area contributed by atoms with Crippen LogP contribution in [0.25, 0.3) is 22.4 Å². The number of fused-ring (bicyclic) bond motifs is 9. The predicted molar refractivity (Wildman–Crippen MR) is 136 cm³/mol. The molecular formula is C30H18ClNS. The fourth-order valence-corrected chi connectivity index (χ4v) is 6.85. The average Bonchev–Trinajstić information content (AvgIpc) is 3.16. The fraction of sp³-hybridized carbons (Fsp3) is 0.0333. The van der Waals surface area contributed by atoms with Crippen molar-refractivity contribution in [3.8, 4) is 22.4 Å². The van der Waals surface area contributed by atoms with Gasteiger partial charge in [0, 0.05) is 21.6 Å². The third kappa shape index (κ3) is 2.59. The quantitative estimate of drug-likeness (QED) is 0.245. The Labute approximate surface area is 202 Å². The van der Waals surface area contributed by atoms with Gasteiger partial charge in [-0.25, -0.2) is 0 Å². The van der Waals surface area contributed by atoms with Crippen molar-refractivity contribution in [2.24, 2.45) is 0 Å². The molecule has 0 radical (unpaired) electrons. The van der Waals surface area contributed by atoms with Crippen LogP contribution in [0.5, 0.6) is 0 Å². The molecule has 0 unspecified atom stereocenters. The van der Waals surface area contributed by atoms with Gasteiger partial charge in [0.15, 0.2) is 0 Å². The van der Waals surface area contributed by atoms with Gasteiger partial charge in [0.2, 0.25) is 0 Å². The summed E-state index contributed by atoms with van der Waals surface area (Å²) in [5.41, 5.74) is 9.67. The van der Waals surface area contributed by atoms with E-state index >= 15 is 0 Å². The summed E-state index contributed by atoms with van der Waals surface area (Å²) < 4.78 is 0. The highest BCUT2D eigenvalue weighted by atomic mass is 35.5. The van der Waals surface area contributed by atoms with Gasteiger partial charge in [0.1, 0.15) is 0 Å². The van der Waals surface area contributed by atoms with E-state index in [1.807, 2.05) is 23.9 Å². The van der Waals surface area contributed by atoms with Crippen LogP contribution < -0.4 is 0 Å². The maximum atomic E-state index is 6.12. The van der Waals surface area contributed by atoms with Gasteiger partial charge >= 0.3 is 0 Å². The molecule has 2 heterocycles. The Morgan fingerprint density at radius 1 is 0.606 bits per heavy atom. The molecule has 4 aromatic carbocycles. The SMILES string of the molecule is Clc1ccc(-c2ccc3c(c2)C2(c4ccccc4S3)c3ccccc3-c3ccccc32)nc1. The van der Waals surface area contributed by atoms with Crippen molar-refractivity contribution in [1.29, 1.82) is 0 Å². The molecule has 1 nitrogen and oxygen atoms in total. The molecule has 0 N–H and O–H groups in total. The summed E-state index contributed by atoms with van der Waals surface area (Å²) in [5, 5.41) is 0.649. The normalized spacial score (nSPS) is 14.3. The van der Waals surface area contributed by atoms with E-state index < -0.39 is 0 Å². The van der Waals surface area contributed by atoms with Crippen LogP contribution in [0.3, 0.4) is 0 Å². The van der Waals surface area contributed by atoms with Crippen molar-refractivity contribution in [1.82, 2.24) is 4.98 Å². The Morgan fingerprint density at radius 2 is 1.24 bits per heavy atom. The predicted octanol–water partition coefficient (Wildman–Crippen LogP) is 8.23. The van der Waals surface area contributed by atoms with Crippen LogP contribution in [-0.4, -0.2) is 4.98 Å². The van der Waals surface area contributed by atoms with Crippen molar-refractivity contribution < 1.29 is 0 Å². The second-order valence-electron chi connectivity index (χ2n) is 8.51. The highest BCUT2D eigenvalue weighted by molar-refractivity contribution is 7.99. The maximum absolute atomic E-state index is 6.12. The lowest BCUT2D eigenvalue weighted by Crippen LogP contribution is -2.32. The van der Waals surface area contributed by atoms with E-state index in [2.05, 4.69) is 96.0 Å². The number of rotatable bonds is 1. The number of benzene rings is 4. The Morgan fingerprint density at radius 3 is 1.94 bits per heavy atom.